The van der Waals surface area contributed by atoms with Crippen LogP contribution in [0.4, 0.5) is 11.4 Å². The summed E-state index contributed by atoms with van der Waals surface area (Å²) in [6.07, 6.45) is 0. The molecule has 0 aromatic heterocycles. The number of anilines is 1. The summed E-state index contributed by atoms with van der Waals surface area (Å²) in [4.78, 5) is 12.5. The van der Waals surface area contributed by atoms with Gasteiger partial charge in [-0.3, -0.25) is 10.1 Å². The van der Waals surface area contributed by atoms with Gasteiger partial charge >= 0.3 is 0 Å². The molecule has 0 saturated heterocycles. The number of likely N-dealkylation sites (N-methyl/N-ethyl adjacent to an activating group) is 1. The Hall–Kier alpha value is -1.58. The smallest absolute Gasteiger partial charge is 0.269 e. The topological polar surface area (TPSA) is 46.4 Å². The van der Waals surface area contributed by atoms with Crippen LogP contribution in [0.25, 0.3) is 0 Å². The predicted octanol–water partition coefficient (Wildman–Crippen LogP) is 2.54. The molecule has 1 aliphatic heterocycles. The molecule has 0 radical (unpaired) electrons. The highest BCUT2D eigenvalue weighted by Crippen LogP contribution is 2.41. The van der Waals surface area contributed by atoms with E-state index in [2.05, 4.69) is 18.7 Å². The largest absolute Gasteiger partial charge is 0.371 e. The third-order valence-corrected chi connectivity index (χ3v) is 3.43. The molecule has 0 spiro atoms. The second-order valence-electron chi connectivity index (χ2n) is 4.14. The van der Waals surface area contributed by atoms with Crippen LogP contribution in [-0.4, -0.2) is 18.0 Å². The minimum absolute atomic E-state index is 0.183. The fourth-order valence-electron chi connectivity index (χ4n) is 2.16. The van der Waals surface area contributed by atoms with E-state index in [4.69, 9.17) is 0 Å². The normalized spacial score (nSPS) is 24.1. The van der Waals surface area contributed by atoms with Crippen LogP contribution in [0.5, 0.6) is 0 Å². The van der Waals surface area contributed by atoms with E-state index in [9.17, 15) is 10.1 Å². The lowest BCUT2D eigenvalue weighted by molar-refractivity contribution is -0.384. The van der Waals surface area contributed by atoms with E-state index in [0.29, 0.717) is 12.0 Å². The van der Waals surface area contributed by atoms with Crippen LogP contribution < -0.4 is 4.90 Å². The van der Waals surface area contributed by atoms with Crippen LogP contribution in [0, 0.1) is 10.1 Å². The van der Waals surface area contributed by atoms with Crippen molar-refractivity contribution >= 4 is 11.4 Å². The van der Waals surface area contributed by atoms with E-state index in [0.717, 1.165) is 11.3 Å². The van der Waals surface area contributed by atoms with Gasteiger partial charge in [0, 0.05) is 36.8 Å². The van der Waals surface area contributed by atoms with Gasteiger partial charge in [-0.1, -0.05) is 6.92 Å². The Kier molecular flexibility index (Phi) is 2.14. The maximum atomic E-state index is 10.7. The SMILES string of the molecule is CC1c2cc([N+](=O)[O-])ccc2N(C)C1C. The van der Waals surface area contributed by atoms with Crippen LogP contribution >= 0.6 is 0 Å². The zero-order valence-corrected chi connectivity index (χ0v) is 9.10. The molecule has 2 rings (SSSR count). The minimum atomic E-state index is -0.337. The molecule has 0 saturated carbocycles. The molecule has 4 nitrogen and oxygen atoms in total. The molecule has 1 aromatic carbocycles. The lowest BCUT2D eigenvalue weighted by atomic mass is 9.98. The molecule has 80 valence electrons. The maximum absolute atomic E-state index is 10.7. The summed E-state index contributed by atoms with van der Waals surface area (Å²) < 4.78 is 0. The van der Waals surface area contributed by atoms with Crippen molar-refractivity contribution in [3.63, 3.8) is 0 Å². The van der Waals surface area contributed by atoms with Crippen LogP contribution in [0.3, 0.4) is 0 Å². The second-order valence-corrected chi connectivity index (χ2v) is 4.14. The molecule has 0 fully saturated rings. The molecule has 0 N–H and O–H groups in total. The van der Waals surface area contributed by atoms with Gasteiger partial charge in [0.25, 0.3) is 5.69 Å². The molecule has 0 bridgehead atoms. The summed E-state index contributed by atoms with van der Waals surface area (Å²) in [7, 11) is 2.03. The van der Waals surface area contributed by atoms with E-state index in [1.165, 1.54) is 0 Å². The highest BCUT2D eigenvalue weighted by Gasteiger charge is 2.31. The van der Waals surface area contributed by atoms with E-state index >= 15 is 0 Å². The Balaban J connectivity index is 2.51. The molecule has 1 aliphatic rings. The lowest BCUT2D eigenvalue weighted by Gasteiger charge is -2.20. The first-order valence-electron chi connectivity index (χ1n) is 5.03. The average molecular weight is 206 g/mol. The van der Waals surface area contributed by atoms with Crippen molar-refractivity contribution in [2.75, 3.05) is 11.9 Å². The van der Waals surface area contributed by atoms with Crippen molar-refractivity contribution in [2.45, 2.75) is 25.8 Å². The van der Waals surface area contributed by atoms with E-state index in [1.807, 2.05) is 13.1 Å². The van der Waals surface area contributed by atoms with Gasteiger partial charge in [-0.15, -0.1) is 0 Å². The monoisotopic (exact) mass is 206 g/mol. The van der Waals surface area contributed by atoms with Gasteiger partial charge < -0.3 is 4.90 Å². The average Bonchev–Trinajstić information content (AvgIpc) is 2.44. The summed E-state index contributed by atoms with van der Waals surface area (Å²) in [5, 5.41) is 10.7. The standard InChI is InChI=1S/C11H14N2O2/c1-7-8(2)12(3)11-5-4-9(13(14)15)6-10(7)11/h4-8H,1-3H3. The number of fused-ring (bicyclic) bond motifs is 1. The molecule has 2 atom stereocenters. The van der Waals surface area contributed by atoms with Crippen LogP contribution in [-0.2, 0) is 0 Å². The molecule has 2 unspecified atom stereocenters. The lowest BCUT2D eigenvalue weighted by Crippen LogP contribution is -2.25. The second kappa shape index (κ2) is 3.22. The number of hydrogen-bond acceptors (Lipinski definition) is 3. The van der Waals surface area contributed by atoms with Gasteiger partial charge in [-0.2, -0.15) is 0 Å². The zero-order valence-electron chi connectivity index (χ0n) is 9.10. The van der Waals surface area contributed by atoms with E-state index in [-0.39, 0.29) is 10.6 Å². The summed E-state index contributed by atoms with van der Waals surface area (Å²) in [6.45, 7) is 4.24. The molecular formula is C11H14N2O2. The Morgan fingerprint density at radius 2 is 2.07 bits per heavy atom. The van der Waals surface area contributed by atoms with Crippen molar-refractivity contribution < 1.29 is 4.92 Å². The van der Waals surface area contributed by atoms with E-state index < -0.39 is 0 Å². The quantitative estimate of drug-likeness (QED) is 0.524. The number of benzene rings is 1. The fourth-order valence-corrected chi connectivity index (χ4v) is 2.16. The van der Waals surface area contributed by atoms with Gasteiger partial charge in [0.15, 0.2) is 0 Å². The zero-order chi connectivity index (χ0) is 11.2. The van der Waals surface area contributed by atoms with Crippen molar-refractivity contribution in [3.8, 4) is 0 Å². The Morgan fingerprint density at radius 1 is 1.40 bits per heavy atom. The number of nitro groups is 1. The summed E-state index contributed by atoms with van der Waals surface area (Å²) >= 11 is 0. The third kappa shape index (κ3) is 1.37. The van der Waals surface area contributed by atoms with Crippen molar-refractivity contribution in [1.82, 2.24) is 0 Å². The van der Waals surface area contributed by atoms with Gasteiger partial charge in [-0.25, -0.2) is 0 Å². The summed E-state index contributed by atoms with van der Waals surface area (Å²) in [5.74, 6) is 0.352. The minimum Gasteiger partial charge on any atom is -0.371 e. The summed E-state index contributed by atoms with van der Waals surface area (Å²) in [5.41, 5.74) is 2.38. The molecule has 0 aliphatic carbocycles. The Labute approximate surface area is 88.7 Å². The van der Waals surface area contributed by atoms with Crippen LogP contribution in [0.15, 0.2) is 18.2 Å². The van der Waals surface area contributed by atoms with Gasteiger partial charge in [-0.05, 0) is 18.6 Å². The van der Waals surface area contributed by atoms with E-state index in [1.54, 1.807) is 12.1 Å². The first kappa shape index (κ1) is 9.96. The molecular weight excluding hydrogens is 192 g/mol. The molecule has 4 heteroatoms. The van der Waals surface area contributed by atoms with Crippen molar-refractivity contribution in [1.29, 1.82) is 0 Å². The van der Waals surface area contributed by atoms with Crippen molar-refractivity contribution in [3.05, 3.63) is 33.9 Å². The first-order valence-corrected chi connectivity index (χ1v) is 5.03. The number of nitrogens with zero attached hydrogens (tertiary/aromatic N) is 2. The van der Waals surface area contributed by atoms with Gasteiger partial charge in [0.2, 0.25) is 0 Å². The van der Waals surface area contributed by atoms with Gasteiger partial charge in [0.1, 0.15) is 0 Å². The highest BCUT2D eigenvalue weighted by molar-refractivity contribution is 5.64. The first-order chi connectivity index (χ1) is 7.02. The number of nitro benzene ring substituents is 1. The molecule has 0 amide bonds. The highest BCUT2D eigenvalue weighted by atomic mass is 16.6. The molecule has 1 heterocycles. The number of hydrogen-bond donors (Lipinski definition) is 0. The number of rotatable bonds is 1. The maximum Gasteiger partial charge on any atom is 0.269 e. The van der Waals surface area contributed by atoms with Crippen molar-refractivity contribution in [2.24, 2.45) is 0 Å². The van der Waals surface area contributed by atoms with Gasteiger partial charge in [0.05, 0.1) is 4.92 Å². The Bertz CT molecular complexity index is 417. The van der Waals surface area contributed by atoms with Crippen LogP contribution in [0.2, 0.25) is 0 Å². The number of non-ortho nitro benzene ring substituents is 1. The molecule has 15 heavy (non-hydrogen) atoms. The third-order valence-electron chi connectivity index (χ3n) is 3.43. The van der Waals surface area contributed by atoms with Crippen LogP contribution in [0.1, 0.15) is 25.3 Å². The Morgan fingerprint density at radius 3 is 2.67 bits per heavy atom. The summed E-state index contributed by atoms with van der Waals surface area (Å²) in [6, 6.07) is 5.51. The predicted molar refractivity (Wildman–Crippen MR) is 59.4 cm³/mol. The molecule has 1 aromatic rings. The fraction of sp³-hybridized carbons (Fsp3) is 0.455.